The van der Waals surface area contributed by atoms with Gasteiger partial charge in [-0.1, -0.05) is 66.5 Å². The van der Waals surface area contributed by atoms with Crippen LogP contribution in [0.3, 0.4) is 0 Å². The first kappa shape index (κ1) is 19.2. The first-order chi connectivity index (χ1) is 15.3. The minimum atomic E-state index is -0.512. The van der Waals surface area contributed by atoms with E-state index in [9.17, 15) is 4.79 Å². The summed E-state index contributed by atoms with van der Waals surface area (Å²) < 4.78 is 5.51. The zero-order valence-corrected chi connectivity index (χ0v) is 17.0. The minimum Gasteiger partial charge on any atom is -0.333 e. The first-order valence-corrected chi connectivity index (χ1v) is 10.5. The molecule has 5 rings (SSSR count). The van der Waals surface area contributed by atoms with E-state index in [-0.39, 0.29) is 5.91 Å². The van der Waals surface area contributed by atoms with Gasteiger partial charge in [-0.05, 0) is 42.7 Å². The largest absolute Gasteiger partial charge is 0.333 e. The van der Waals surface area contributed by atoms with Crippen molar-refractivity contribution in [2.75, 3.05) is 5.32 Å². The number of rotatable bonds is 5. The highest BCUT2D eigenvalue weighted by molar-refractivity contribution is 6.01. The molecule has 1 N–H and O–H groups in total. The van der Waals surface area contributed by atoms with Gasteiger partial charge in [0.1, 0.15) is 5.69 Å². The molecule has 1 fully saturated rings. The van der Waals surface area contributed by atoms with E-state index in [0.717, 1.165) is 31.2 Å². The number of amides is 1. The van der Waals surface area contributed by atoms with E-state index >= 15 is 0 Å². The number of pyridine rings is 1. The molecule has 1 aliphatic carbocycles. The van der Waals surface area contributed by atoms with Crippen LogP contribution in [0.1, 0.15) is 31.2 Å². The fraction of sp³-hybridized carbons (Fsp3) is 0.200. The SMILES string of the molecule is O=C(Nc1ccccc1-c1nc(-c2ccccn2)no1)C1(c2ccccc2)CCCC1. The Hall–Kier alpha value is -3.80. The normalized spacial score (nSPS) is 15.0. The van der Waals surface area contributed by atoms with Crippen molar-refractivity contribution in [3.05, 3.63) is 84.6 Å². The van der Waals surface area contributed by atoms with Crippen molar-refractivity contribution < 1.29 is 9.32 Å². The third-order valence-electron chi connectivity index (χ3n) is 5.94. The monoisotopic (exact) mass is 410 g/mol. The molecule has 2 aromatic carbocycles. The summed E-state index contributed by atoms with van der Waals surface area (Å²) in [5, 5.41) is 7.22. The molecule has 6 heteroatoms. The zero-order valence-electron chi connectivity index (χ0n) is 17.0. The number of carbonyl (C=O) groups is 1. The van der Waals surface area contributed by atoms with Gasteiger partial charge < -0.3 is 9.84 Å². The van der Waals surface area contributed by atoms with Crippen LogP contribution in [0, 0.1) is 0 Å². The number of hydrogen-bond acceptors (Lipinski definition) is 5. The van der Waals surface area contributed by atoms with Gasteiger partial charge in [0, 0.05) is 6.20 Å². The average molecular weight is 410 g/mol. The summed E-state index contributed by atoms with van der Waals surface area (Å²) >= 11 is 0. The van der Waals surface area contributed by atoms with Gasteiger partial charge in [-0.2, -0.15) is 4.98 Å². The maximum atomic E-state index is 13.6. The Morgan fingerprint density at radius 3 is 2.42 bits per heavy atom. The van der Waals surface area contributed by atoms with Gasteiger partial charge >= 0.3 is 0 Å². The van der Waals surface area contributed by atoms with Crippen molar-refractivity contribution in [3.8, 4) is 23.0 Å². The predicted octanol–water partition coefficient (Wildman–Crippen LogP) is 5.25. The summed E-state index contributed by atoms with van der Waals surface area (Å²) in [5.41, 5.74) is 2.53. The maximum absolute atomic E-state index is 13.6. The molecule has 0 bridgehead atoms. The van der Waals surface area contributed by atoms with Crippen LogP contribution in [0.25, 0.3) is 23.0 Å². The Labute approximate surface area is 180 Å². The molecule has 1 aliphatic rings. The van der Waals surface area contributed by atoms with Crippen LogP contribution in [0.5, 0.6) is 0 Å². The molecule has 0 aliphatic heterocycles. The van der Waals surface area contributed by atoms with Crippen LogP contribution in [0.15, 0.2) is 83.5 Å². The van der Waals surface area contributed by atoms with Gasteiger partial charge in [0.05, 0.1) is 16.7 Å². The lowest BCUT2D eigenvalue weighted by Crippen LogP contribution is -2.38. The van der Waals surface area contributed by atoms with Crippen molar-refractivity contribution in [2.45, 2.75) is 31.1 Å². The van der Waals surface area contributed by atoms with Crippen molar-refractivity contribution in [2.24, 2.45) is 0 Å². The summed E-state index contributed by atoms with van der Waals surface area (Å²) in [6.45, 7) is 0. The molecule has 31 heavy (non-hydrogen) atoms. The summed E-state index contributed by atoms with van der Waals surface area (Å²) in [5.74, 6) is 0.762. The van der Waals surface area contributed by atoms with Crippen molar-refractivity contribution in [3.63, 3.8) is 0 Å². The van der Waals surface area contributed by atoms with Gasteiger partial charge in [0.25, 0.3) is 5.89 Å². The standard InChI is InChI=1S/C25H22N4O2/c30-24(25(15-7-8-16-25)18-10-2-1-3-11-18)27-20-13-5-4-12-19(20)23-28-22(29-31-23)21-14-6-9-17-26-21/h1-6,9-14,17H,7-8,15-16H2,(H,27,30). The maximum Gasteiger partial charge on any atom is 0.260 e. The highest BCUT2D eigenvalue weighted by atomic mass is 16.5. The van der Waals surface area contributed by atoms with Crippen LogP contribution in [0.2, 0.25) is 0 Å². The van der Waals surface area contributed by atoms with Crippen molar-refractivity contribution >= 4 is 11.6 Å². The molecule has 2 aromatic heterocycles. The number of anilines is 1. The van der Waals surface area contributed by atoms with Crippen LogP contribution in [0.4, 0.5) is 5.69 Å². The Bertz CT molecular complexity index is 1180. The molecule has 1 saturated carbocycles. The summed E-state index contributed by atoms with van der Waals surface area (Å²) in [6.07, 6.45) is 5.46. The molecule has 1 amide bonds. The molecule has 0 atom stereocenters. The van der Waals surface area contributed by atoms with Crippen LogP contribution < -0.4 is 5.32 Å². The highest BCUT2D eigenvalue weighted by Crippen LogP contribution is 2.42. The number of para-hydroxylation sites is 1. The lowest BCUT2D eigenvalue weighted by Gasteiger charge is -2.28. The third kappa shape index (κ3) is 3.61. The molecule has 0 saturated heterocycles. The summed E-state index contributed by atoms with van der Waals surface area (Å²) in [4.78, 5) is 22.3. The predicted molar refractivity (Wildman–Crippen MR) is 118 cm³/mol. The van der Waals surface area contributed by atoms with Gasteiger partial charge in [-0.3, -0.25) is 9.78 Å². The zero-order chi connectivity index (χ0) is 21.1. The van der Waals surface area contributed by atoms with Gasteiger partial charge in [-0.25, -0.2) is 0 Å². The second-order valence-electron chi connectivity index (χ2n) is 7.79. The molecule has 6 nitrogen and oxygen atoms in total. The Morgan fingerprint density at radius 2 is 1.65 bits per heavy atom. The molecule has 2 heterocycles. The highest BCUT2D eigenvalue weighted by Gasteiger charge is 2.42. The topological polar surface area (TPSA) is 80.9 Å². The number of carbonyl (C=O) groups excluding carboxylic acids is 1. The van der Waals surface area contributed by atoms with Crippen LogP contribution >= 0.6 is 0 Å². The number of benzene rings is 2. The number of aromatic nitrogens is 3. The lowest BCUT2D eigenvalue weighted by atomic mass is 9.78. The minimum absolute atomic E-state index is 0.00751. The van der Waals surface area contributed by atoms with E-state index in [1.165, 1.54) is 0 Å². The second-order valence-corrected chi connectivity index (χ2v) is 7.79. The smallest absolute Gasteiger partial charge is 0.260 e. The first-order valence-electron chi connectivity index (χ1n) is 10.5. The molecular formula is C25H22N4O2. The van der Waals surface area contributed by atoms with Crippen LogP contribution in [-0.4, -0.2) is 21.0 Å². The number of nitrogens with zero attached hydrogens (tertiary/aromatic N) is 3. The van der Waals surface area contributed by atoms with Crippen LogP contribution in [-0.2, 0) is 10.2 Å². The molecule has 0 radical (unpaired) electrons. The second kappa shape index (κ2) is 8.14. The molecule has 0 spiro atoms. The summed E-state index contributed by atoms with van der Waals surface area (Å²) in [6, 6.07) is 23.1. The lowest BCUT2D eigenvalue weighted by molar-refractivity contribution is -0.121. The Kier molecular flexibility index (Phi) is 5.04. The van der Waals surface area contributed by atoms with Gasteiger partial charge in [0.2, 0.25) is 11.7 Å². The van der Waals surface area contributed by atoms with Crippen molar-refractivity contribution in [1.29, 1.82) is 0 Å². The fourth-order valence-corrected chi connectivity index (χ4v) is 4.34. The van der Waals surface area contributed by atoms with Gasteiger partial charge in [0.15, 0.2) is 0 Å². The third-order valence-corrected chi connectivity index (χ3v) is 5.94. The van der Waals surface area contributed by atoms with E-state index in [1.54, 1.807) is 6.20 Å². The van der Waals surface area contributed by atoms with E-state index < -0.39 is 5.41 Å². The Balaban J connectivity index is 1.46. The average Bonchev–Trinajstić information content (AvgIpc) is 3.52. The number of nitrogens with one attached hydrogen (secondary N) is 1. The molecule has 154 valence electrons. The summed E-state index contributed by atoms with van der Waals surface area (Å²) in [7, 11) is 0. The molecular weight excluding hydrogens is 388 g/mol. The van der Waals surface area contributed by atoms with E-state index in [1.807, 2.05) is 72.8 Å². The number of hydrogen-bond donors (Lipinski definition) is 1. The van der Waals surface area contributed by atoms with E-state index in [0.29, 0.717) is 28.7 Å². The molecule has 4 aromatic rings. The Morgan fingerprint density at radius 1 is 0.903 bits per heavy atom. The molecule has 0 unspecified atom stereocenters. The fourth-order valence-electron chi connectivity index (χ4n) is 4.34. The van der Waals surface area contributed by atoms with Gasteiger partial charge in [-0.15, -0.1) is 0 Å². The van der Waals surface area contributed by atoms with Crippen molar-refractivity contribution in [1.82, 2.24) is 15.1 Å². The van der Waals surface area contributed by atoms with E-state index in [2.05, 4.69) is 20.4 Å². The van der Waals surface area contributed by atoms with E-state index in [4.69, 9.17) is 4.52 Å². The quantitative estimate of drug-likeness (QED) is 0.486.